The average molecular weight is 597 g/mol. The zero-order chi connectivity index (χ0) is 28.6. The second kappa shape index (κ2) is 12.3. The van der Waals surface area contributed by atoms with E-state index in [1.807, 2.05) is 18.2 Å². The Bertz CT molecular complexity index is 1190. The van der Waals surface area contributed by atoms with Crippen molar-refractivity contribution in [3.8, 4) is 5.75 Å². The van der Waals surface area contributed by atoms with Gasteiger partial charge in [0.15, 0.2) is 0 Å². The number of alkyl halides is 3. The number of hydrogen-bond donors (Lipinski definition) is 3. The number of rotatable bonds is 7. The average Bonchev–Trinajstić information content (AvgIpc) is 3.51. The first-order valence-corrected chi connectivity index (χ1v) is 16.1. The summed E-state index contributed by atoms with van der Waals surface area (Å²) < 4.78 is 62.9. The topological polar surface area (TPSA) is 91.9 Å². The van der Waals surface area contributed by atoms with Crippen molar-refractivity contribution < 1.29 is 31.6 Å². The minimum absolute atomic E-state index is 0.00886. The molecule has 4 heterocycles. The summed E-state index contributed by atoms with van der Waals surface area (Å²) in [4.78, 5) is 14.8. The molecule has 0 bridgehead atoms. The molecule has 8 nitrogen and oxygen atoms in total. The highest BCUT2D eigenvalue weighted by atomic mass is 32.2. The fraction of sp³-hybridized carbons (Fsp3) is 0.690. The minimum atomic E-state index is -4.75. The third-order valence-corrected chi connectivity index (χ3v) is 10.6. The minimum Gasteiger partial charge on any atom is -0.489 e. The highest BCUT2D eigenvalue weighted by Crippen LogP contribution is 2.33. The van der Waals surface area contributed by atoms with E-state index in [1.165, 1.54) is 0 Å². The van der Waals surface area contributed by atoms with Gasteiger partial charge in [0.25, 0.3) is 0 Å². The molecule has 1 aromatic rings. The maximum absolute atomic E-state index is 12.8. The van der Waals surface area contributed by atoms with Gasteiger partial charge in [-0.2, -0.15) is 13.2 Å². The fourth-order valence-electron chi connectivity index (χ4n) is 6.75. The normalized spacial score (nSPS) is 31.3. The first-order chi connectivity index (χ1) is 19.7. The highest BCUT2D eigenvalue weighted by molar-refractivity contribution is 7.89. The number of hydrogen-bond acceptors (Lipinski definition) is 8. The number of ketones is 1. The van der Waals surface area contributed by atoms with Crippen molar-refractivity contribution in [3.05, 3.63) is 39.9 Å². The lowest BCUT2D eigenvalue weighted by Crippen LogP contribution is -2.65. The molecule has 1 aromatic carbocycles. The standard InChI is InChI=1S/C29H39F3N4O4S/c30-29(31,32)25(37)15-18-1-3-19-5-6-22(16-20(19)4-2-18)40-23-7-11-36(17-23)28-34-24-10-14-41(38)26(24)27(35-28)33-21-8-12-39-13-9-21/h5-6,16,18,21,23,27-28,33-35H,1-4,7-15,17H2. The number of nitrogens with one attached hydrogen (secondary N) is 3. The molecule has 0 amide bonds. The van der Waals surface area contributed by atoms with Crippen LogP contribution in [0.4, 0.5) is 13.2 Å². The Morgan fingerprint density at radius 1 is 1.10 bits per heavy atom. The van der Waals surface area contributed by atoms with Gasteiger partial charge in [-0.15, -0.1) is 0 Å². The van der Waals surface area contributed by atoms with Gasteiger partial charge in [0.2, 0.25) is 5.78 Å². The van der Waals surface area contributed by atoms with Crippen LogP contribution >= 0.6 is 0 Å². The van der Waals surface area contributed by atoms with Gasteiger partial charge in [-0.25, -0.2) is 0 Å². The number of benzene rings is 1. The maximum Gasteiger partial charge on any atom is 0.449 e. The van der Waals surface area contributed by atoms with Crippen LogP contribution in [0.15, 0.2) is 28.8 Å². The summed E-state index contributed by atoms with van der Waals surface area (Å²) in [7, 11) is -0.985. The number of carbonyl (C=O) groups is 1. The SMILES string of the molecule is O=C(CC1CCc2ccc(OC3CCN(C4NC5=C(C(NC6CCOCC6)N4)S(=O)CC5)C3)cc2CC1)C(F)(F)F. The molecule has 5 atom stereocenters. The van der Waals surface area contributed by atoms with Gasteiger partial charge in [-0.05, 0) is 74.1 Å². The van der Waals surface area contributed by atoms with Crippen LogP contribution in [0.3, 0.4) is 0 Å². The summed E-state index contributed by atoms with van der Waals surface area (Å²) in [5.41, 5.74) is 3.32. The van der Waals surface area contributed by atoms with Crippen LogP contribution < -0.4 is 20.7 Å². The fourth-order valence-corrected chi connectivity index (χ4v) is 8.19. The van der Waals surface area contributed by atoms with E-state index in [2.05, 4.69) is 20.9 Å². The molecule has 2 saturated heterocycles. The summed E-state index contributed by atoms with van der Waals surface area (Å²) in [6.45, 7) is 3.07. The number of halogens is 3. The van der Waals surface area contributed by atoms with Crippen molar-refractivity contribution in [1.29, 1.82) is 0 Å². The number of nitrogens with zero attached hydrogens (tertiary/aromatic N) is 1. The van der Waals surface area contributed by atoms with Crippen LogP contribution in [0.5, 0.6) is 5.75 Å². The highest BCUT2D eigenvalue weighted by Gasteiger charge is 2.41. The van der Waals surface area contributed by atoms with Gasteiger partial charge in [-0.1, -0.05) is 6.07 Å². The van der Waals surface area contributed by atoms with Gasteiger partial charge in [-0.3, -0.25) is 24.5 Å². The van der Waals surface area contributed by atoms with E-state index >= 15 is 0 Å². The Balaban J connectivity index is 1.05. The van der Waals surface area contributed by atoms with Crippen molar-refractivity contribution in [2.75, 3.05) is 32.1 Å². The number of likely N-dealkylation sites (tertiary alicyclic amines) is 1. The van der Waals surface area contributed by atoms with Crippen molar-refractivity contribution in [2.45, 2.75) is 88.6 Å². The molecule has 5 aliphatic rings. The second-order valence-corrected chi connectivity index (χ2v) is 13.4. The van der Waals surface area contributed by atoms with E-state index in [9.17, 15) is 22.2 Å². The lowest BCUT2D eigenvalue weighted by Gasteiger charge is -2.40. The Labute approximate surface area is 241 Å². The van der Waals surface area contributed by atoms with Crippen LogP contribution in [-0.2, 0) is 33.2 Å². The smallest absolute Gasteiger partial charge is 0.449 e. The maximum atomic E-state index is 12.8. The van der Waals surface area contributed by atoms with Gasteiger partial charge in [0.1, 0.15) is 18.1 Å². The van der Waals surface area contributed by atoms with Crippen LogP contribution in [0.2, 0.25) is 0 Å². The lowest BCUT2D eigenvalue weighted by atomic mass is 9.94. The largest absolute Gasteiger partial charge is 0.489 e. The number of carbonyl (C=O) groups excluding carboxylic acids is 1. The van der Waals surface area contributed by atoms with Crippen LogP contribution in [0.25, 0.3) is 0 Å². The summed E-state index contributed by atoms with van der Waals surface area (Å²) >= 11 is 0. The molecule has 0 aromatic heterocycles. The zero-order valence-corrected chi connectivity index (χ0v) is 24.0. The van der Waals surface area contributed by atoms with E-state index in [0.717, 1.165) is 79.5 Å². The lowest BCUT2D eigenvalue weighted by molar-refractivity contribution is -0.172. The number of fused-ring (bicyclic) bond motifs is 1. The molecule has 0 radical (unpaired) electrons. The Morgan fingerprint density at radius 3 is 2.66 bits per heavy atom. The van der Waals surface area contributed by atoms with E-state index in [1.54, 1.807) is 0 Å². The molecule has 0 spiro atoms. The molecule has 3 N–H and O–H groups in total. The van der Waals surface area contributed by atoms with E-state index in [-0.39, 0.29) is 24.5 Å². The molecule has 5 unspecified atom stereocenters. The summed E-state index contributed by atoms with van der Waals surface area (Å²) in [5.74, 6) is -0.441. The van der Waals surface area contributed by atoms with Gasteiger partial charge < -0.3 is 14.8 Å². The van der Waals surface area contributed by atoms with E-state index in [0.29, 0.717) is 37.5 Å². The second-order valence-electron chi connectivity index (χ2n) is 11.9. The van der Waals surface area contributed by atoms with Gasteiger partial charge in [0.05, 0.1) is 21.9 Å². The zero-order valence-electron chi connectivity index (χ0n) is 23.1. The van der Waals surface area contributed by atoms with Crippen molar-refractivity contribution in [1.82, 2.24) is 20.9 Å². The number of allylic oxidation sites excluding steroid dienone is 1. The molecule has 4 aliphatic heterocycles. The van der Waals surface area contributed by atoms with Crippen molar-refractivity contribution >= 4 is 16.6 Å². The predicted molar refractivity (Wildman–Crippen MR) is 148 cm³/mol. The molecule has 12 heteroatoms. The van der Waals surface area contributed by atoms with Crippen molar-refractivity contribution in [2.24, 2.45) is 5.92 Å². The molecule has 6 rings (SSSR count). The van der Waals surface area contributed by atoms with E-state index < -0.39 is 29.2 Å². The van der Waals surface area contributed by atoms with Gasteiger partial charge >= 0.3 is 6.18 Å². The Hall–Kier alpha value is -1.99. The summed E-state index contributed by atoms with van der Waals surface area (Å²) in [5, 5.41) is 11.0. The molecule has 2 fully saturated rings. The van der Waals surface area contributed by atoms with Gasteiger partial charge in [0, 0.05) is 56.6 Å². The first-order valence-electron chi connectivity index (χ1n) is 14.8. The van der Waals surface area contributed by atoms with Crippen LogP contribution in [-0.4, -0.2) is 77.7 Å². The Morgan fingerprint density at radius 2 is 1.88 bits per heavy atom. The monoisotopic (exact) mass is 596 g/mol. The molecule has 41 heavy (non-hydrogen) atoms. The predicted octanol–water partition coefficient (Wildman–Crippen LogP) is 3.09. The third-order valence-electron chi connectivity index (χ3n) is 9.06. The summed E-state index contributed by atoms with van der Waals surface area (Å²) in [6.07, 6.45) is 0.630. The van der Waals surface area contributed by atoms with Crippen LogP contribution in [0.1, 0.15) is 56.1 Å². The molecular weight excluding hydrogens is 557 g/mol. The molecule has 0 saturated carbocycles. The number of aryl methyl sites for hydroxylation is 2. The first kappa shape index (κ1) is 29.1. The molecular formula is C29H39F3N4O4S. The van der Waals surface area contributed by atoms with Crippen molar-refractivity contribution in [3.63, 3.8) is 0 Å². The third kappa shape index (κ3) is 6.82. The number of Topliss-reactive ketones (excluding diaryl/α,β-unsaturated/α-hetero) is 1. The molecule has 226 valence electrons. The van der Waals surface area contributed by atoms with Crippen LogP contribution in [0, 0.1) is 5.92 Å². The number of ether oxygens (including phenoxy) is 2. The Kier molecular flexibility index (Phi) is 8.74. The van der Waals surface area contributed by atoms with E-state index in [4.69, 9.17) is 9.47 Å². The summed E-state index contributed by atoms with van der Waals surface area (Å²) in [6, 6.07) is 6.34. The molecule has 1 aliphatic carbocycles. The quantitative estimate of drug-likeness (QED) is 0.414.